The minimum atomic E-state index is -1.02. The number of amides is 1. The third kappa shape index (κ3) is 6.25. The molecule has 0 aromatic heterocycles. The Kier molecular flexibility index (Phi) is 5.69. The normalized spacial score (nSPS) is 12.6. The lowest BCUT2D eigenvalue weighted by Crippen LogP contribution is -2.33. The topological polar surface area (TPSA) is 75.6 Å². The zero-order valence-electron chi connectivity index (χ0n) is 12.4. The highest BCUT2D eigenvalue weighted by Gasteiger charge is 2.21. The lowest BCUT2D eigenvalue weighted by atomic mass is 9.96. The van der Waals surface area contributed by atoms with E-state index in [0.717, 1.165) is 0 Å². The molecule has 0 heterocycles. The van der Waals surface area contributed by atoms with Crippen molar-refractivity contribution < 1.29 is 23.8 Å². The number of carbonyl (C=O) groups excluding carboxylic acids is 1. The molecule has 116 valence electrons. The van der Waals surface area contributed by atoms with Gasteiger partial charge in [-0.1, -0.05) is 12.1 Å². The smallest absolute Gasteiger partial charge is 0.407 e. The minimum absolute atomic E-state index is 0.156. The van der Waals surface area contributed by atoms with Gasteiger partial charge in [-0.3, -0.25) is 4.79 Å². The highest BCUT2D eigenvalue weighted by molar-refractivity contribution is 5.76. The van der Waals surface area contributed by atoms with Gasteiger partial charge in [0.2, 0.25) is 0 Å². The quantitative estimate of drug-likeness (QED) is 0.876. The van der Waals surface area contributed by atoms with E-state index in [4.69, 9.17) is 4.74 Å². The average Bonchev–Trinajstić information content (AvgIpc) is 2.33. The molecule has 21 heavy (non-hydrogen) atoms. The fraction of sp³-hybridized carbons (Fsp3) is 0.467. The van der Waals surface area contributed by atoms with Gasteiger partial charge >= 0.3 is 12.1 Å². The third-order valence-corrected chi connectivity index (χ3v) is 2.67. The average molecular weight is 297 g/mol. The summed E-state index contributed by atoms with van der Waals surface area (Å²) in [5.41, 5.74) is -0.109. The first-order valence-electron chi connectivity index (χ1n) is 6.64. The molecule has 1 amide bonds. The SMILES string of the molecule is CC(C)(C)OC(=O)NCCC(C(=O)O)c1ccc(F)cc1. The van der Waals surface area contributed by atoms with Gasteiger partial charge in [0.25, 0.3) is 0 Å². The largest absolute Gasteiger partial charge is 0.481 e. The Morgan fingerprint density at radius 2 is 1.86 bits per heavy atom. The van der Waals surface area contributed by atoms with Crippen LogP contribution in [0.3, 0.4) is 0 Å². The van der Waals surface area contributed by atoms with Crippen molar-refractivity contribution in [1.29, 1.82) is 0 Å². The van der Waals surface area contributed by atoms with E-state index in [2.05, 4.69) is 5.32 Å². The maximum atomic E-state index is 12.8. The van der Waals surface area contributed by atoms with Gasteiger partial charge < -0.3 is 15.2 Å². The number of carbonyl (C=O) groups is 2. The summed E-state index contributed by atoms with van der Waals surface area (Å²) in [5.74, 6) is -2.25. The van der Waals surface area contributed by atoms with Crippen molar-refractivity contribution in [1.82, 2.24) is 5.32 Å². The summed E-state index contributed by atoms with van der Waals surface area (Å²) in [5, 5.41) is 11.7. The molecular weight excluding hydrogens is 277 g/mol. The molecule has 0 fully saturated rings. The van der Waals surface area contributed by atoms with Crippen LogP contribution in [-0.2, 0) is 9.53 Å². The van der Waals surface area contributed by atoms with Crippen molar-refractivity contribution in [2.45, 2.75) is 38.7 Å². The molecule has 1 aromatic rings. The molecule has 0 saturated carbocycles. The maximum absolute atomic E-state index is 12.8. The molecule has 0 saturated heterocycles. The van der Waals surface area contributed by atoms with Gasteiger partial charge in [-0.25, -0.2) is 9.18 Å². The van der Waals surface area contributed by atoms with Crippen LogP contribution in [0.2, 0.25) is 0 Å². The van der Waals surface area contributed by atoms with Crippen LogP contribution >= 0.6 is 0 Å². The van der Waals surface area contributed by atoms with E-state index in [-0.39, 0.29) is 13.0 Å². The second kappa shape index (κ2) is 7.06. The number of hydrogen-bond donors (Lipinski definition) is 2. The summed E-state index contributed by atoms with van der Waals surface area (Å²) in [4.78, 5) is 22.7. The van der Waals surface area contributed by atoms with Crippen LogP contribution in [0.4, 0.5) is 9.18 Å². The molecule has 0 aliphatic heterocycles. The lowest BCUT2D eigenvalue weighted by Gasteiger charge is -2.20. The van der Waals surface area contributed by atoms with Gasteiger partial charge in [0.05, 0.1) is 5.92 Å². The number of halogens is 1. The van der Waals surface area contributed by atoms with Gasteiger partial charge in [0, 0.05) is 6.54 Å². The van der Waals surface area contributed by atoms with Crippen molar-refractivity contribution in [3.05, 3.63) is 35.6 Å². The Hall–Kier alpha value is -2.11. The van der Waals surface area contributed by atoms with Crippen LogP contribution in [0.15, 0.2) is 24.3 Å². The van der Waals surface area contributed by atoms with E-state index < -0.39 is 29.4 Å². The molecule has 1 aromatic carbocycles. The van der Waals surface area contributed by atoms with Crippen molar-refractivity contribution in [2.75, 3.05) is 6.54 Å². The Morgan fingerprint density at radius 3 is 2.33 bits per heavy atom. The van der Waals surface area contributed by atoms with Gasteiger partial charge in [0.15, 0.2) is 0 Å². The monoisotopic (exact) mass is 297 g/mol. The van der Waals surface area contributed by atoms with Crippen LogP contribution in [0.1, 0.15) is 38.7 Å². The highest BCUT2D eigenvalue weighted by atomic mass is 19.1. The second-order valence-corrected chi connectivity index (χ2v) is 5.66. The number of nitrogens with one attached hydrogen (secondary N) is 1. The van der Waals surface area contributed by atoms with E-state index in [0.29, 0.717) is 5.56 Å². The van der Waals surface area contributed by atoms with Gasteiger partial charge in [-0.05, 0) is 44.9 Å². The molecule has 2 N–H and O–H groups in total. The predicted molar refractivity (Wildman–Crippen MR) is 75.6 cm³/mol. The number of rotatable bonds is 5. The van der Waals surface area contributed by atoms with Gasteiger partial charge in [-0.2, -0.15) is 0 Å². The first-order chi connectivity index (χ1) is 9.69. The number of aliphatic carboxylic acids is 1. The van der Waals surface area contributed by atoms with E-state index in [9.17, 15) is 19.1 Å². The fourth-order valence-electron chi connectivity index (χ4n) is 1.76. The van der Waals surface area contributed by atoms with Gasteiger partial charge in [0.1, 0.15) is 11.4 Å². The number of ether oxygens (including phenoxy) is 1. The summed E-state index contributed by atoms with van der Waals surface area (Å²) >= 11 is 0. The summed E-state index contributed by atoms with van der Waals surface area (Å²) < 4.78 is 17.9. The maximum Gasteiger partial charge on any atom is 0.407 e. The first-order valence-corrected chi connectivity index (χ1v) is 6.64. The summed E-state index contributed by atoms with van der Waals surface area (Å²) in [7, 11) is 0. The number of hydrogen-bond acceptors (Lipinski definition) is 3. The zero-order valence-corrected chi connectivity index (χ0v) is 12.4. The predicted octanol–water partition coefficient (Wildman–Crippen LogP) is 2.91. The molecule has 1 atom stereocenters. The molecule has 1 rings (SSSR count). The third-order valence-electron chi connectivity index (χ3n) is 2.67. The van der Waals surface area contributed by atoms with Crippen molar-refractivity contribution in [3.8, 4) is 0 Å². The van der Waals surface area contributed by atoms with Crippen LogP contribution < -0.4 is 5.32 Å². The van der Waals surface area contributed by atoms with Crippen LogP contribution in [0, 0.1) is 5.82 Å². The van der Waals surface area contributed by atoms with E-state index in [1.165, 1.54) is 24.3 Å². The summed E-state index contributed by atoms with van der Waals surface area (Å²) in [6.45, 7) is 5.38. The summed E-state index contributed by atoms with van der Waals surface area (Å²) in [6.07, 6.45) is -0.397. The van der Waals surface area contributed by atoms with Crippen LogP contribution in [0.5, 0.6) is 0 Å². The zero-order chi connectivity index (χ0) is 16.0. The molecule has 0 aliphatic carbocycles. The molecule has 6 heteroatoms. The number of carboxylic acids is 1. The Bertz CT molecular complexity index is 493. The Balaban J connectivity index is 2.55. The van der Waals surface area contributed by atoms with Crippen molar-refractivity contribution >= 4 is 12.1 Å². The molecule has 0 spiro atoms. The van der Waals surface area contributed by atoms with E-state index in [1.807, 2.05) is 0 Å². The lowest BCUT2D eigenvalue weighted by molar-refractivity contribution is -0.139. The Morgan fingerprint density at radius 1 is 1.29 bits per heavy atom. The molecule has 0 aliphatic rings. The number of benzene rings is 1. The van der Waals surface area contributed by atoms with Crippen molar-refractivity contribution in [2.24, 2.45) is 0 Å². The second-order valence-electron chi connectivity index (χ2n) is 5.66. The van der Waals surface area contributed by atoms with Crippen molar-refractivity contribution in [3.63, 3.8) is 0 Å². The van der Waals surface area contributed by atoms with Crippen LogP contribution in [-0.4, -0.2) is 29.3 Å². The standard InChI is InChI=1S/C15H20FNO4/c1-15(2,3)21-14(20)17-9-8-12(13(18)19)10-4-6-11(16)7-5-10/h4-7,12H,8-9H2,1-3H3,(H,17,20)(H,18,19). The minimum Gasteiger partial charge on any atom is -0.481 e. The molecule has 0 bridgehead atoms. The van der Waals surface area contributed by atoms with Gasteiger partial charge in [-0.15, -0.1) is 0 Å². The fourth-order valence-corrected chi connectivity index (χ4v) is 1.76. The highest BCUT2D eigenvalue weighted by Crippen LogP contribution is 2.20. The molecule has 5 nitrogen and oxygen atoms in total. The number of alkyl carbamates (subject to hydrolysis) is 1. The molecule has 0 radical (unpaired) electrons. The van der Waals surface area contributed by atoms with E-state index >= 15 is 0 Å². The number of carboxylic acid groups (broad SMARTS) is 1. The molecule has 1 unspecified atom stereocenters. The van der Waals surface area contributed by atoms with E-state index in [1.54, 1.807) is 20.8 Å². The Labute approximate surface area is 123 Å². The summed E-state index contributed by atoms with van der Waals surface area (Å²) in [6, 6.07) is 5.29. The first kappa shape index (κ1) is 16.9. The molecular formula is C15H20FNO4. The van der Waals surface area contributed by atoms with Crippen LogP contribution in [0.25, 0.3) is 0 Å².